The first-order chi connectivity index (χ1) is 20.7. The van der Waals surface area contributed by atoms with E-state index in [1.165, 1.54) is 56.4 Å². The Balaban J connectivity index is 1.40. The van der Waals surface area contributed by atoms with Gasteiger partial charge in [-0.05, 0) is 67.8 Å². The Bertz CT molecular complexity index is 1830. The number of carbonyl (C=O) groups is 1. The molecule has 0 saturated heterocycles. The van der Waals surface area contributed by atoms with Crippen LogP contribution in [0.2, 0.25) is 0 Å². The van der Waals surface area contributed by atoms with Gasteiger partial charge in [0.05, 0.1) is 21.6 Å². The molecule has 5 rings (SSSR count). The van der Waals surface area contributed by atoms with Crippen molar-refractivity contribution in [3.05, 3.63) is 89.9 Å². The number of amides is 1. The average Bonchev–Trinajstić information content (AvgIpc) is 2.98. The second-order valence-corrected chi connectivity index (χ2v) is 12.4. The van der Waals surface area contributed by atoms with Gasteiger partial charge in [-0.25, -0.2) is 22.5 Å². The molecule has 230 valence electrons. The third kappa shape index (κ3) is 6.65. The Kier molecular flexibility index (Phi) is 8.32. The maximum Gasteiger partial charge on any atom is 0.416 e. The number of sulfonamides is 1. The number of alkyl halides is 3. The Hall–Kier alpha value is -4.56. The lowest BCUT2D eigenvalue weighted by atomic mass is 9.83. The van der Waals surface area contributed by atoms with Crippen molar-refractivity contribution in [1.82, 2.24) is 14.7 Å². The van der Waals surface area contributed by atoms with Gasteiger partial charge < -0.3 is 16.0 Å². The molecule has 1 aromatic heterocycles. The Morgan fingerprint density at radius 3 is 2.45 bits per heavy atom. The van der Waals surface area contributed by atoms with Gasteiger partial charge in [0, 0.05) is 30.5 Å². The normalized spacial score (nSPS) is 15.0. The molecule has 0 atom stereocenters. The highest BCUT2D eigenvalue weighted by atomic mass is 32.2. The summed E-state index contributed by atoms with van der Waals surface area (Å²) in [4.78, 5) is 22.0. The standard InChI is InChI=1S/C30H28F4N6O3S/c1-29(2,19-6-3-7-20(15-19)30(32,33)34)27(41)39-25-11-10-18(14-24(25)31)23-17-36-28-38-21-8-4-9-22(16-21)44(42,43)37-13-5-12-35-26(23)40-28/h3-4,6-11,14-17,37H,5,12-13H2,1-2H3,(H,39,41)(H2,35,36,38,40). The van der Waals surface area contributed by atoms with E-state index in [4.69, 9.17) is 0 Å². The smallest absolute Gasteiger partial charge is 0.369 e. The predicted octanol–water partition coefficient (Wildman–Crippen LogP) is 6.06. The summed E-state index contributed by atoms with van der Waals surface area (Å²) in [5, 5.41) is 8.62. The number of aromatic nitrogens is 2. The number of carbonyl (C=O) groups excluding carboxylic acids is 1. The van der Waals surface area contributed by atoms with Crippen LogP contribution in [0.4, 0.5) is 40.7 Å². The molecule has 1 aliphatic heterocycles. The lowest BCUT2D eigenvalue weighted by Crippen LogP contribution is -2.35. The van der Waals surface area contributed by atoms with Crippen LogP contribution in [0.3, 0.4) is 0 Å². The van der Waals surface area contributed by atoms with Crippen molar-refractivity contribution >= 4 is 39.1 Å². The molecule has 1 aliphatic rings. The summed E-state index contributed by atoms with van der Waals surface area (Å²) in [7, 11) is -3.71. The van der Waals surface area contributed by atoms with Crippen molar-refractivity contribution in [2.24, 2.45) is 0 Å². The Morgan fingerprint density at radius 1 is 0.955 bits per heavy atom. The highest BCUT2D eigenvalue weighted by Gasteiger charge is 2.35. The molecule has 2 heterocycles. The van der Waals surface area contributed by atoms with Crippen LogP contribution in [-0.4, -0.2) is 37.4 Å². The minimum atomic E-state index is -4.58. The minimum Gasteiger partial charge on any atom is -0.369 e. The molecular formula is C30H28F4N6O3S. The summed E-state index contributed by atoms with van der Waals surface area (Å²) >= 11 is 0. The van der Waals surface area contributed by atoms with E-state index in [0.717, 1.165) is 12.1 Å². The van der Waals surface area contributed by atoms with E-state index in [1.807, 2.05) is 0 Å². The zero-order valence-electron chi connectivity index (χ0n) is 23.6. The second-order valence-electron chi connectivity index (χ2n) is 10.6. The minimum absolute atomic E-state index is 0.0902. The maximum atomic E-state index is 15.3. The molecule has 0 saturated carbocycles. The number of rotatable bonds is 4. The van der Waals surface area contributed by atoms with E-state index in [0.29, 0.717) is 35.6 Å². The van der Waals surface area contributed by atoms with Crippen LogP contribution in [0.1, 0.15) is 31.4 Å². The molecule has 0 radical (unpaired) electrons. The van der Waals surface area contributed by atoms with E-state index in [9.17, 15) is 26.4 Å². The fourth-order valence-corrected chi connectivity index (χ4v) is 5.64. The van der Waals surface area contributed by atoms with Crippen LogP contribution in [0.25, 0.3) is 11.1 Å². The van der Waals surface area contributed by atoms with Gasteiger partial charge in [0.15, 0.2) is 0 Å². The number of halogens is 4. The van der Waals surface area contributed by atoms with E-state index >= 15 is 4.39 Å². The van der Waals surface area contributed by atoms with Crippen LogP contribution < -0.4 is 20.7 Å². The second kappa shape index (κ2) is 11.8. The summed E-state index contributed by atoms with van der Waals surface area (Å²) in [5.74, 6) is -0.926. The zero-order valence-corrected chi connectivity index (χ0v) is 24.4. The number of benzene rings is 3. The molecule has 0 fully saturated rings. The number of fused-ring (bicyclic) bond motifs is 4. The van der Waals surface area contributed by atoms with Gasteiger partial charge in [-0.3, -0.25) is 4.79 Å². The number of nitrogens with zero attached hydrogens (tertiary/aromatic N) is 2. The van der Waals surface area contributed by atoms with E-state index in [2.05, 4.69) is 30.6 Å². The Labute approximate surface area is 251 Å². The predicted molar refractivity (Wildman–Crippen MR) is 159 cm³/mol. The molecule has 0 aliphatic carbocycles. The monoisotopic (exact) mass is 628 g/mol. The van der Waals surface area contributed by atoms with Crippen molar-refractivity contribution in [3.8, 4) is 11.1 Å². The zero-order chi connectivity index (χ0) is 31.7. The largest absolute Gasteiger partial charge is 0.416 e. The molecular weight excluding hydrogens is 600 g/mol. The van der Waals surface area contributed by atoms with Gasteiger partial charge >= 0.3 is 6.18 Å². The van der Waals surface area contributed by atoms with E-state index < -0.39 is 38.9 Å². The molecule has 4 bridgehead atoms. The van der Waals surface area contributed by atoms with Gasteiger partial charge in [-0.1, -0.05) is 30.3 Å². The van der Waals surface area contributed by atoms with Crippen molar-refractivity contribution in [2.75, 3.05) is 29.0 Å². The molecule has 0 unspecified atom stereocenters. The average molecular weight is 629 g/mol. The molecule has 0 spiro atoms. The van der Waals surface area contributed by atoms with Gasteiger partial charge in [-0.15, -0.1) is 0 Å². The number of hydrogen-bond acceptors (Lipinski definition) is 7. The van der Waals surface area contributed by atoms with Crippen LogP contribution in [-0.2, 0) is 26.4 Å². The van der Waals surface area contributed by atoms with Crippen molar-refractivity contribution in [2.45, 2.75) is 36.8 Å². The number of nitrogens with one attached hydrogen (secondary N) is 4. The van der Waals surface area contributed by atoms with E-state index in [1.54, 1.807) is 18.2 Å². The van der Waals surface area contributed by atoms with Crippen molar-refractivity contribution in [3.63, 3.8) is 0 Å². The lowest BCUT2D eigenvalue weighted by molar-refractivity contribution is -0.137. The highest BCUT2D eigenvalue weighted by Crippen LogP contribution is 2.35. The maximum absolute atomic E-state index is 15.3. The molecule has 9 nitrogen and oxygen atoms in total. The first kappa shape index (κ1) is 30.9. The molecule has 14 heteroatoms. The van der Waals surface area contributed by atoms with Crippen LogP contribution in [0.5, 0.6) is 0 Å². The van der Waals surface area contributed by atoms with Crippen LogP contribution >= 0.6 is 0 Å². The summed E-state index contributed by atoms with van der Waals surface area (Å²) < 4.78 is 82.8. The lowest BCUT2D eigenvalue weighted by Gasteiger charge is -2.25. The van der Waals surface area contributed by atoms with Gasteiger partial charge in [0.1, 0.15) is 11.6 Å². The molecule has 4 N–H and O–H groups in total. The van der Waals surface area contributed by atoms with Gasteiger partial charge in [0.25, 0.3) is 0 Å². The molecule has 4 aromatic rings. The van der Waals surface area contributed by atoms with Crippen molar-refractivity contribution < 1.29 is 30.8 Å². The van der Waals surface area contributed by atoms with Crippen molar-refractivity contribution in [1.29, 1.82) is 0 Å². The highest BCUT2D eigenvalue weighted by molar-refractivity contribution is 7.89. The number of anilines is 4. The SMILES string of the molecule is CC(C)(C(=O)Nc1ccc(-c2cnc3nc2NCCCNS(=O)(=O)c2cccc(c2)N3)cc1F)c1cccc(C(F)(F)F)c1. The first-order valence-corrected chi connectivity index (χ1v) is 15.0. The van der Waals surface area contributed by atoms with Crippen LogP contribution in [0.15, 0.2) is 77.8 Å². The van der Waals surface area contributed by atoms with Gasteiger partial charge in [0.2, 0.25) is 21.9 Å². The fraction of sp³-hybridized carbons (Fsp3) is 0.233. The molecule has 44 heavy (non-hydrogen) atoms. The first-order valence-electron chi connectivity index (χ1n) is 13.5. The quantitative estimate of drug-likeness (QED) is 0.203. The number of hydrogen-bond donors (Lipinski definition) is 4. The van der Waals surface area contributed by atoms with E-state index in [-0.39, 0.29) is 28.6 Å². The van der Waals surface area contributed by atoms with Gasteiger partial charge in [-0.2, -0.15) is 18.2 Å². The molecule has 1 amide bonds. The molecule has 3 aromatic carbocycles. The summed E-state index contributed by atoms with van der Waals surface area (Å²) in [6.45, 7) is 3.42. The summed E-state index contributed by atoms with van der Waals surface area (Å²) in [6, 6.07) is 14.8. The third-order valence-electron chi connectivity index (χ3n) is 7.13. The topological polar surface area (TPSA) is 125 Å². The Morgan fingerprint density at radius 2 is 1.70 bits per heavy atom. The summed E-state index contributed by atoms with van der Waals surface area (Å²) in [6.07, 6.45) is -2.67. The summed E-state index contributed by atoms with van der Waals surface area (Å²) in [5.41, 5.74) is -1.04. The fourth-order valence-electron chi connectivity index (χ4n) is 4.52. The van der Waals surface area contributed by atoms with Crippen LogP contribution in [0, 0.1) is 5.82 Å². The third-order valence-corrected chi connectivity index (χ3v) is 8.59.